The summed E-state index contributed by atoms with van der Waals surface area (Å²) in [6, 6.07) is 0. The Morgan fingerprint density at radius 2 is 1.02 bits per heavy atom. The monoisotopic (exact) mass is 770 g/mol. The van der Waals surface area contributed by atoms with E-state index in [9.17, 15) is 33.6 Å². The molecule has 0 saturated carbocycles. The maximum absolute atomic E-state index is 11.5. The fourth-order valence-corrected chi connectivity index (χ4v) is 5.06. The second kappa shape index (κ2) is 20.7. The Kier molecular flexibility index (Phi) is 17.1. The molecule has 0 bridgehead atoms. The van der Waals surface area contributed by atoms with Crippen molar-refractivity contribution in [2.75, 3.05) is 13.2 Å². The van der Waals surface area contributed by atoms with Gasteiger partial charge in [0.05, 0.1) is 0 Å². The summed E-state index contributed by atoms with van der Waals surface area (Å²) in [5.41, 5.74) is 0. The molecule has 2 aliphatic heterocycles. The number of nitrogens with zero attached hydrogens (tertiary/aromatic N) is 5. The molecule has 0 amide bonds. The van der Waals surface area contributed by atoms with Crippen LogP contribution in [0.15, 0.2) is 0 Å². The van der Waals surface area contributed by atoms with Gasteiger partial charge in [-0.25, -0.2) is 14.6 Å². The molecule has 22 nitrogen and oxygen atoms in total. The number of hydrogen-bond donors (Lipinski definition) is 1. The smallest absolute Gasteiger partial charge is 0.305 e. The molecule has 2 fully saturated rings. The first kappa shape index (κ1) is 44.7. The third-order valence-electron chi connectivity index (χ3n) is 6.80. The van der Waals surface area contributed by atoms with Gasteiger partial charge in [0.25, 0.3) is 0 Å². The van der Waals surface area contributed by atoms with Crippen LogP contribution >= 0.6 is 0 Å². The van der Waals surface area contributed by atoms with Crippen LogP contribution in [-0.2, 0) is 76.2 Å². The number of carbonyl (C=O) groups is 7. The molecule has 4 heterocycles. The average Bonchev–Trinajstić information content (AvgIpc) is 3.76. The summed E-state index contributed by atoms with van der Waals surface area (Å²) in [4.78, 5) is 86.6. The van der Waals surface area contributed by atoms with Crippen molar-refractivity contribution in [3.8, 4) is 0 Å². The summed E-state index contributed by atoms with van der Waals surface area (Å²) in [7, 11) is 0. The number of aromatic amines is 1. The maximum Gasteiger partial charge on any atom is 0.305 e. The zero-order valence-electron chi connectivity index (χ0n) is 31.8. The fraction of sp³-hybridized carbons (Fsp3) is 0.656. The van der Waals surface area contributed by atoms with Crippen LogP contribution in [0.1, 0.15) is 78.0 Å². The van der Waals surface area contributed by atoms with E-state index in [0.717, 1.165) is 32.4 Å². The van der Waals surface area contributed by atoms with Crippen molar-refractivity contribution < 1.29 is 76.2 Å². The molecular weight excluding hydrogens is 724 g/mol. The van der Waals surface area contributed by atoms with E-state index in [-0.39, 0.29) is 13.2 Å². The van der Waals surface area contributed by atoms with Crippen LogP contribution in [0.5, 0.6) is 0 Å². The van der Waals surface area contributed by atoms with Crippen LogP contribution in [0.4, 0.5) is 0 Å². The van der Waals surface area contributed by atoms with Crippen molar-refractivity contribution in [3.05, 3.63) is 23.3 Å². The SMILES string of the molecule is CC(=O)OCC1OC(OC(C)=O)C(OC(C)=O)C1OC(C)=O.CC(=O)OCC1OC(n2nc(C)nc2C)C(OC(C)=O)C1OC(C)=O.Cc1n[nH]c(C)n1. The van der Waals surface area contributed by atoms with Gasteiger partial charge in [-0.1, -0.05) is 0 Å². The van der Waals surface area contributed by atoms with Crippen LogP contribution in [0.3, 0.4) is 0 Å². The third kappa shape index (κ3) is 14.5. The van der Waals surface area contributed by atoms with Crippen LogP contribution < -0.4 is 0 Å². The number of rotatable bonds is 10. The summed E-state index contributed by atoms with van der Waals surface area (Å²) in [5.74, 6) is -1.49. The molecule has 2 saturated heterocycles. The number of carbonyl (C=O) groups excluding carboxylic acids is 7. The molecule has 2 aromatic heterocycles. The van der Waals surface area contributed by atoms with Gasteiger partial charge in [0, 0.05) is 48.5 Å². The van der Waals surface area contributed by atoms with Crippen LogP contribution in [0.25, 0.3) is 0 Å². The minimum absolute atomic E-state index is 0.158. The summed E-state index contributed by atoms with van der Waals surface area (Å²) in [6.45, 7) is 15.1. The second-order valence-electron chi connectivity index (χ2n) is 11.7. The van der Waals surface area contributed by atoms with Crippen LogP contribution in [0, 0.1) is 27.7 Å². The number of aryl methyl sites for hydroxylation is 4. The zero-order chi connectivity index (χ0) is 40.9. The average molecular weight is 771 g/mol. The van der Waals surface area contributed by atoms with Gasteiger partial charge >= 0.3 is 41.8 Å². The second-order valence-corrected chi connectivity index (χ2v) is 11.7. The normalized spacial score (nSPS) is 24.0. The first-order chi connectivity index (χ1) is 25.2. The van der Waals surface area contributed by atoms with Crippen molar-refractivity contribution in [1.82, 2.24) is 29.9 Å². The molecule has 2 aromatic rings. The highest BCUT2D eigenvalue weighted by atomic mass is 16.8. The number of ether oxygens (including phenoxy) is 9. The minimum Gasteiger partial charge on any atom is -0.463 e. The zero-order valence-corrected chi connectivity index (χ0v) is 31.8. The lowest BCUT2D eigenvalue weighted by Crippen LogP contribution is -2.42. The molecule has 0 radical (unpaired) electrons. The van der Waals surface area contributed by atoms with Crippen molar-refractivity contribution in [2.45, 2.75) is 125 Å². The molecular formula is C32H46N6O16. The topological polar surface area (TPSA) is 275 Å². The van der Waals surface area contributed by atoms with Gasteiger partial charge in [-0.3, -0.25) is 38.7 Å². The first-order valence-electron chi connectivity index (χ1n) is 16.4. The molecule has 0 aromatic carbocycles. The Hall–Kier alpha value is -5.51. The molecule has 0 spiro atoms. The lowest BCUT2D eigenvalue weighted by Gasteiger charge is -2.23. The Balaban J connectivity index is 0.000000318. The highest BCUT2D eigenvalue weighted by Gasteiger charge is 2.52. The molecule has 54 heavy (non-hydrogen) atoms. The molecule has 22 heteroatoms. The van der Waals surface area contributed by atoms with Crippen molar-refractivity contribution in [1.29, 1.82) is 0 Å². The number of H-pyrrole nitrogens is 1. The highest BCUT2D eigenvalue weighted by Crippen LogP contribution is 2.34. The van der Waals surface area contributed by atoms with E-state index in [4.69, 9.17) is 42.6 Å². The van der Waals surface area contributed by atoms with Gasteiger partial charge < -0.3 is 42.6 Å². The lowest BCUT2D eigenvalue weighted by atomic mass is 10.1. The van der Waals surface area contributed by atoms with Gasteiger partial charge in [0.1, 0.15) is 48.7 Å². The first-order valence-corrected chi connectivity index (χ1v) is 16.4. The highest BCUT2D eigenvalue weighted by molar-refractivity contribution is 5.69. The Labute approximate surface area is 309 Å². The van der Waals surface area contributed by atoms with E-state index in [1.165, 1.54) is 32.4 Å². The van der Waals surface area contributed by atoms with E-state index in [0.29, 0.717) is 11.6 Å². The van der Waals surface area contributed by atoms with Crippen LogP contribution in [0.2, 0.25) is 0 Å². The standard InChI is InChI=1S/C15H21N3O7.C13H18O9.C4H7N3/c1-7-16-8(2)18(17-7)15-14(24-11(5)21)13(23-10(4)20)12(25-15)6-22-9(3)19;1-6(14)18-5-10-11(19-7(2)15)12(20-8(3)16)13(22-10)21-9(4)17;1-3-5-4(2)7-6-3/h12-15H,6H2,1-5H3;10-13H,5H2,1-4H3;1-2H3,(H,5,6,7). The number of hydrogen-bond acceptors (Lipinski definition) is 20. The lowest BCUT2D eigenvalue weighted by molar-refractivity contribution is -0.197. The van der Waals surface area contributed by atoms with E-state index in [2.05, 4.69) is 25.3 Å². The van der Waals surface area contributed by atoms with E-state index >= 15 is 0 Å². The van der Waals surface area contributed by atoms with Crippen molar-refractivity contribution in [3.63, 3.8) is 0 Å². The Morgan fingerprint density at radius 1 is 0.574 bits per heavy atom. The van der Waals surface area contributed by atoms with Gasteiger partial charge in [-0.2, -0.15) is 10.2 Å². The Morgan fingerprint density at radius 3 is 1.39 bits per heavy atom. The largest absolute Gasteiger partial charge is 0.463 e. The number of nitrogens with one attached hydrogen (secondary N) is 1. The van der Waals surface area contributed by atoms with Gasteiger partial charge in [0.2, 0.25) is 12.4 Å². The van der Waals surface area contributed by atoms with Gasteiger partial charge in [-0.05, 0) is 27.7 Å². The van der Waals surface area contributed by atoms with Crippen molar-refractivity contribution in [2.24, 2.45) is 0 Å². The molecule has 0 aliphatic carbocycles. The summed E-state index contributed by atoms with van der Waals surface area (Å²) >= 11 is 0. The fourth-order valence-electron chi connectivity index (χ4n) is 5.06. The minimum atomic E-state index is -1.26. The number of esters is 7. The summed E-state index contributed by atoms with van der Waals surface area (Å²) < 4.78 is 48.0. The predicted molar refractivity (Wildman–Crippen MR) is 175 cm³/mol. The molecule has 1 N–H and O–H groups in total. The van der Waals surface area contributed by atoms with Crippen molar-refractivity contribution >= 4 is 41.8 Å². The molecule has 300 valence electrons. The molecule has 8 atom stereocenters. The molecule has 2 aliphatic rings. The predicted octanol–water partition coefficient (Wildman–Crippen LogP) is 0.341. The summed E-state index contributed by atoms with van der Waals surface area (Å²) in [5, 5.41) is 10.7. The van der Waals surface area contributed by atoms with E-state index < -0.39 is 90.9 Å². The summed E-state index contributed by atoms with van der Waals surface area (Å²) in [6.07, 6.45) is -7.98. The molecule has 8 unspecified atom stereocenters. The van der Waals surface area contributed by atoms with Crippen LogP contribution in [-0.4, -0.2) is 128 Å². The van der Waals surface area contributed by atoms with E-state index in [1.807, 2.05) is 13.8 Å². The molecule has 4 rings (SSSR count). The third-order valence-corrected chi connectivity index (χ3v) is 6.80. The number of aromatic nitrogens is 6. The quantitative estimate of drug-likeness (QED) is 0.252. The van der Waals surface area contributed by atoms with E-state index in [1.54, 1.807) is 13.8 Å². The Bertz CT molecular complexity index is 1630. The van der Waals surface area contributed by atoms with Gasteiger partial charge in [-0.15, -0.1) is 0 Å². The maximum atomic E-state index is 11.5. The van der Waals surface area contributed by atoms with Gasteiger partial charge in [0.15, 0.2) is 24.5 Å².